The molecule has 1 saturated carbocycles. The van der Waals surface area contributed by atoms with E-state index in [4.69, 9.17) is 16.3 Å². The Morgan fingerprint density at radius 1 is 1.56 bits per heavy atom. The molecule has 0 aliphatic heterocycles. The third-order valence-corrected chi connectivity index (χ3v) is 4.04. The van der Waals surface area contributed by atoms with Gasteiger partial charge < -0.3 is 4.74 Å². The molecule has 2 nitrogen and oxygen atoms in total. The number of carbonyl (C=O) groups is 1. The summed E-state index contributed by atoms with van der Waals surface area (Å²) in [5.74, 6) is 0.857. The van der Waals surface area contributed by atoms with Crippen molar-refractivity contribution in [1.29, 1.82) is 0 Å². The Morgan fingerprint density at radius 3 is 3.12 bits per heavy atom. The Bertz CT molecular complexity index is 455. The van der Waals surface area contributed by atoms with Gasteiger partial charge in [0.2, 0.25) is 0 Å². The van der Waals surface area contributed by atoms with E-state index in [1.165, 1.54) is 11.1 Å². The highest BCUT2D eigenvalue weighted by molar-refractivity contribution is 6.31. The van der Waals surface area contributed by atoms with E-state index in [-0.39, 0.29) is 11.9 Å². The van der Waals surface area contributed by atoms with Crippen molar-refractivity contribution in [3.8, 4) is 0 Å². The monoisotopic (exact) mass is 236 g/mol. The molecule has 1 aromatic rings. The van der Waals surface area contributed by atoms with E-state index in [1.54, 1.807) is 0 Å². The summed E-state index contributed by atoms with van der Waals surface area (Å²) in [6, 6.07) is 5.97. The molecule has 3 rings (SSSR count). The first-order chi connectivity index (χ1) is 7.74. The van der Waals surface area contributed by atoms with Crippen molar-refractivity contribution < 1.29 is 9.53 Å². The summed E-state index contributed by atoms with van der Waals surface area (Å²) in [6.07, 6.45) is 0.934. The summed E-state index contributed by atoms with van der Waals surface area (Å²) >= 11 is 6.13. The molecular weight excluding hydrogens is 224 g/mol. The van der Waals surface area contributed by atoms with Crippen molar-refractivity contribution in [1.82, 2.24) is 0 Å². The van der Waals surface area contributed by atoms with Crippen LogP contribution in [-0.4, -0.2) is 12.6 Å². The molecule has 0 N–H and O–H groups in total. The Kier molecular flexibility index (Phi) is 2.21. The van der Waals surface area contributed by atoms with Crippen LogP contribution in [0.15, 0.2) is 18.2 Å². The molecule has 0 spiro atoms. The molecular formula is C13H13ClO2. The summed E-state index contributed by atoms with van der Waals surface area (Å²) in [5.41, 5.74) is 2.50. The zero-order valence-corrected chi connectivity index (χ0v) is 9.83. The minimum Gasteiger partial charge on any atom is -0.466 e. The highest BCUT2D eigenvalue weighted by Gasteiger charge is 2.60. The maximum absolute atomic E-state index is 11.7. The summed E-state index contributed by atoms with van der Waals surface area (Å²) in [6.45, 7) is 2.32. The van der Waals surface area contributed by atoms with Crippen molar-refractivity contribution in [3.63, 3.8) is 0 Å². The first-order valence-electron chi connectivity index (χ1n) is 5.68. The third-order valence-electron chi connectivity index (χ3n) is 3.68. The fourth-order valence-corrected chi connectivity index (χ4v) is 3.21. The average molecular weight is 237 g/mol. The van der Waals surface area contributed by atoms with E-state index in [0.29, 0.717) is 18.4 Å². The Labute approximate surface area is 99.6 Å². The van der Waals surface area contributed by atoms with Gasteiger partial charge in [0.1, 0.15) is 0 Å². The van der Waals surface area contributed by atoms with Gasteiger partial charge in [-0.05, 0) is 36.5 Å². The van der Waals surface area contributed by atoms with Crippen LogP contribution in [-0.2, 0) is 16.0 Å². The number of esters is 1. The average Bonchev–Trinajstić information content (AvgIpc) is 2.85. The van der Waals surface area contributed by atoms with Gasteiger partial charge in [0.05, 0.1) is 12.5 Å². The van der Waals surface area contributed by atoms with E-state index in [9.17, 15) is 4.79 Å². The summed E-state index contributed by atoms with van der Waals surface area (Å²) in [7, 11) is 0. The molecule has 1 fully saturated rings. The Balaban J connectivity index is 1.85. The molecule has 3 heteroatoms. The topological polar surface area (TPSA) is 26.3 Å². The summed E-state index contributed by atoms with van der Waals surface area (Å²) in [4.78, 5) is 11.7. The second kappa shape index (κ2) is 3.49. The molecule has 0 saturated heterocycles. The molecule has 0 bridgehead atoms. The minimum absolute atomic E-state index is 0.0388. The van der Waals surface area contributed by atoms with Gasteiger partial charge in [-0.1, -0.05) is 23.7 Å². The van der Waals surface area contributed by atoms with Crippen LogP contribution in [0.1, 0.15) is 24.0 Å². The maximum atomic E-state index is 11.7. The zero-order valence-electron chi connectivity index (χ0n) is 9.07. The van der Waals surface area contributed by atoms with Crippen LogP contribution in [0.3, 0.4) is 0 Å². The molecule has 1 aromatic carbocycles. The van der Waals surface area contributed by atoms with Gasteiger partial charge in [-0.3, -0.25) is 4.79 Å². The van der Waals surface area contributed by atoms with Gasteiger partial charge in [-0.15, -0.1) is 0 Å². The normalized spacial score (nSPS) is 29.5. The predicted octanol–water partition coefficient (Wildman–Crippen LogP) is 2.79. The number of rotatable bonds is 2. The number of halogens is 1. The highest BCUT2D eigenvalue weighted by atomic mass is 35.5. The first-order valence-corrected chi connectivity index (χ1v) is 6.05. The van der Waals surface area contributed by atoms with Gasteiger partial charge in [0.25, 0.3) is 0 Å². The fourth-order valence-electron chi connectivity index (χ4n) is 2.95. The lowest BCUT2D eigenvalue weighted by atomic mass is 10.0. The van der Waals surface area contributed by atoms with Gasteiger partial charge in [0, 0.05) is 10.9 Å². The van der Waals surface area contributed by atoms with Crippen LogP contribution in [0.2, 0.25) is 5.02 Å². The number of hydrogen-bond acceptors (Lipinski definition) is 2. The lowest BCUT2D eigenvalue weighted by Gasteiger charge is -2.08. The molecule has 2 aliphatic rings. The van der Waals surface area contributed by atoms with Crippen molar-refractivity contribution in [3.05, 3.63) is 34.3 Å². The number of carbonyl (C=O) groups excluding carboxylic acids is 1. The number of benzene rings is 1. The van der Waals surface area contributed by atoms with Crippen molar-refractivity contribution in [2.75, 3.05) is 6.61 Å². The molecule has 0 aromatic heterocycles. The summed E-state index contributed by atoms with van der Waals surface area (Å²) in [5, 5.41) is 0.840. The lowest BCUT2D eigenvalue weighted by molar-refractivity contribution is -0.145. The fraction of sp³-hybridized carbons (Fsp3) is 0.462. The van der Waals surface area contributed by atoms with Crippen molar-refractivity contribution >= 4 is 17.6 Å². The summed E-state index contributed by atoms with van der Waals surface area (Å²) < 4.78 is 5.08. The van der Waals surface area contributed by atoms with Crippen LogP contribution < -0.4 is 0 Å². The van der Waals surface area contributed by atoms with Gasteiger partial charge in [0.15, 0.2) is 0 Å². The SMILES string of the molecule is CCOC(=O)[C@@H]1[C@@H]2Cc3c(Cl)cccc3[C@@H]21. The van der Waals surface area contributed by atoms with Crippen molar-refractivity contribution in [2.24, 2.45) is 11.8 Å². The molecule has 3 atom stereocenters. The molecule has 0 heterocycles. The molecule has 0 amide bonds. The largest absolute Gasteiger partial charge is 0.466 e. The van der Waals surface area contributed by atoms with E-state index < -0.39 is 0 Å². The van der Waals surface area contributed by atoms with Crippen LogP contribution in [0.4, 0.5) is 0 Å². The predicted molar refractivity (Wildman–Crippen MR) is 61.5 cm³/mol. The quantitative estimate of drug-likeness (QED) is 0.739. The van der Waals surface area contributed by atoms with E-state index in [1.807, 2.05) is 19.1 Å². The number of ether oxygens (including phenoxy) is 1. The van der Waals surface area contributed by atoms with Gasteiger partial charge in [-0.2, -0.15) is 0 Å². The van der Waals surface area contributed by atoms with Gasteiger partial charge in [-0.25, -0.2) is 0 Å². The second-order valence-electron chi connectivity index (χ2n) is 4.48. The Morgan fingerprint density at radius 2 is 2.38 bits per heavy atom. The second-order valence-corrected chi connectivity index (χ2v) is 4.89. The number of fused-ring (bicyclic) bond motifs is 3. The van der Waals surface area contributed by atoms with Crippen LogP contribution in [0.5, 0.6) is 0 Å². The molecule has 84 valence electrons. The molecule has 2 aliphatic carbocycles. The van der Waals surface area contributed by atoms with Crippen LogP contribution >= 0.6 is 11.6 Å². The highest BCUT2D eigenvalue weighted by Crippen LogP contribution is 2.62. The molecule has 0 radical (unpaired) electrons. The molecule has 16 heavy (non-hydrogen) atoms. The maximum Gasteiger partial charge on any atom is 0.309 e. The van der Waals surface area contributed by atoms with Crippen molar-refractivity contribution in [2.45, 2.75) is 19.3 Å². The third kappa shape index (κ3) is 1.29. The van der Waals surface area contributed by atoms with E-state index in [0.717, 1.165) is 11.4 Å². The van der Waals surface area contributed by atoms with E-state index >= 15 is 0 Å². The van der Waals surface area contributed by atoms with E-state index in [2.05, 4.69) is 6.07 Å². The standard InChI is InChI=1S/C13H13ClO2/c1-2-16-13(15)12-9-6-8-7(11(9)12)4-3-5-10(8)14/h3-5,9,11-12H,2,6H2,1H3/t9-,11+,12-/m1/s1. The van der Waals surface area contributed by atoms with Gasteiger partial charge >= 0.3 is 5.97 Å². The van der Waals surface area contributed by atoms with Crippen LogP contribution in [0.25, 0.3) is 0 Å². The lowest BCUT2D eigenvalue weighted by Crippen LogP contribution is -2.11. The smallest absolute Gasteiger partial charge is 0.309 e. The molecule has 0 unspecified atom stereocenters. The minimum atomic E-state index is -0.0388. The zero-order chi connectivity index (χ0) is 11.3. The van der Waals surface area contributed by atoms with Crippen LogP contribution in [0, 0.1) is 11.8 Å². The Hall–Kier alpha value is -1.02. The number of hydrogen-bond donors (Lipinski definition) is 0. The first kappa shape index (κ1) is 10.2.